The summed E-state index contributed by atoms with van der Waals surface area (Å²) in [5, 5.41) is 8.33. The van der Waals surface area contributed by atoms with Gasteiger partial charge >= 0.3 is 0 Å². The van der Waals surface area contributed by atoms with E-state index in [0.29, 0.717) is 35.2 Å². The number of aromatic nitrogens is 2. The summed E-state index contributed by atoms with van der Waals surface area (Å²) in [6.45, 7) is 4.32. The molecule has 2 aromatic rings. The zero-order valence-electron chi connectivity index (χ0n) is 16.3. The number of rotatable bonds is 7. The lowest BCUT2D eigenvalue weighted by atomic mass is 10.2. The largest absolute Gasteiger partial charge is 0.352 e. The predicted octanol–water partition coefficient (Wildman–Crippen LogP) is 3.69. The highest BCUT2D eigenvalue weighted by Gasteiger charge is 2.17. The van der Waals surface area contributed by atoms with Crippen molar-refractivity contribution in [2.45, 2.75) is 32.7 Å². The second-order valence-electron chi connectivity index (χ2n) is 7.04. The van der Waals surface area contributed by atoms with Crippen LogP contribution in [0.5, 0.6) is 0 Å². The molecule has 1 aliphatic heterocycles. The van der Waals surface area contributed by atoms with Crippen LogP contribution in [0.25, 0.3) is 6.08 Å². The number of likely N-dealkylation sites (tertiary alicyclic amines) is 1. The number of amides is 2. The Balaban J connectivity index is 1.54. The van der Waals surface area contributed by atoms with Gasteiger partial charge in [-0.05, 0) is 43.5 Å². The lowest BCUT2D eigenvalue weighted by Crippen LogP contribution is -2.32. The topological polar surface area (TPSA) is 67.2 Å². The molecule has 1 aromatic heterocycles. The molecule has 1 N–H and O–H groups in total. The maximum atomic E-state index is 12.1. The van der Waals surface area contributed by atoms with E-state index in [0.717, 1.165) is 37.2 Å². The molecular formula is C21H24Cl2N4O2. The molecule has 0 radical (unpaired) electrons. The number of aryl methyl sites for hydroxylation is 1. The fraction of sp³-hybridized carbons (Fsp3) is 0.381. The van der Waals surface area contributed by atoms with Gasteiger partial charge in [0.25, 0.3) is 0 Å². The van der Waals surface area contributed by atoms with Crippen LogP contribution in [0, 0.1) is 6.92 Å². The lowest BCUT2D eigenvalue weighted by Gasteiger charge is -2.14. The fourth-order valence-corrected chi connectivity index (χ4v) is 3.68. The minimum absolute atomic E-state index is 0.0918. The minimum Gasteiger partial charge on any atom is -0.352 e. The van der Waals surface area contributed by atoms with Gasteiger partial charge in [0.1, 0.15) is 5.15 Å². The second kappa shape index (κ2) is 9.94. The van der Waals surface area contributed by atoms with Crippen molar-refractivity contribution in [2.24, 2.45) is 0 Å². The highest BCUT2D eigenvalue weighted by atomic mass is 35.5. The van der Waals surface area contributed by atoms with Gasteiger partial charge in [-0.15, -0.1) is 0 Å². The van der Waals surface area contributed by atoms with Crippen LogP contribution < -0.4 is 5.32 Å². The number of hydrogen-bond acceptors (Lipinski definition) is 3. The van der Waals surface area contributed by atoms with E-state index >= 15 is 0 Å². The predicted molar refractivity (Wildman–Crippen MR) is 115 cm³/mol. The second-order valence-corrected chi connectivity index (χ2v) is 7.83. The van der Waals surface area contributed by atoms with Crippen LogP contribution in [-0.2, 0) is 16.1 Å². The van der Waals surface area contributed by atoms with Crippen molar-refractivity contribution >= 4 is 41.1 Å². The van der Waals surface area contributed by atoms with E-state index < -0.39 is 0 Å². The molecule has 1 fully saturated rings. The number of carbonyl (C=O) groups is 2. The summed E-state index contributed by atoms with van der Waals surface area (Å²) in [5.74, 6) is -0.172. The molecule has 0 aliphatic carbocycles. The van der Waals surface area contributed by atoms with E-state index in [1.807, 2.05) is 36.1 Å². The normalized spacial score (nSPS) is 14.0. The number of benzene rings is 1. The maximum Gasteiger partial charge on any atom is 0.244 e. The molecule has 2 heterocycles. The van der Waals surface area contributed by atoms with Crippen molar-refractivity contribution in [1.82, 2.24) is 20.0 Å². The van der Waals surface area contributed by atoms with Gasteiger partial charge in [0.2, 0.25) is 11.8 Å². The summed E-state index contributed by atoms with van der Waals surface area (Å²) >= 11 is 12.4. The molecule has 0 saturated carbocycles. The van der Waals surface area contributed by atoms with E-state index in [1.54, 1.807) is 10.8 Å². The van der Waals surface area contributed by atoms with Crippen LogP contribution in [0.3, 0.4) is 0 Å². The molecule has 0 spiro atoms. The molecule has 0 unspecified atom stereocenters. The highest BCUT2D eigenvalue weighted by molar-refractivity contribution is 6.31. The van der Waals surface area contributed by atoms with Crippen LogP contribution >= 0.6 is 23.2 Å². The molecule has 8 heteroatoms. The highest BCUT2D eigenvalue weighted by Crippen LogP contribution is 2.22. The van der Waals surface area contributed by atoms with Crippen molar-refractivity contribution in [3.8, 4) is 0 Å². The molecule has 1 saturated heterocycles. The van der Waals surface area contributed by atoms with Gasteiger partial charge in [-0.3, -0.25) is 9.59 Å². The molecule has 0 bridgehead atoms. The van der Waals surface area contributed by atoms with Crippen LogP contribution in [0.2, 0.25) is 10.2 Å². The smallest absolute Gasteiger partial charge is 0.244 e. The third-order valence-corrected chi connectivity index (χ3v) is 5.50. The molecule has 1 aliphatic rings. The maximum absolute atomic E-state index is 12.1. The fourth-order valence-electron chi connectivity index (χ4n) is 3.26. The number of nitrogens with zero attached hydrogens (tertiary/aromatic N) is 3. The molecule has 2 amide bonds. The Morgan fingerprint density at radius 2 is 1.86 bits per heavy atom. The number of carbonyl (C=O) groups excluding carboxylic acids is 2. The summed E-state index contributed by atoms with van der Waals surface area (Å²) in [5.41, 5.74) is 2.45. The van der Waals surface area contributed by atoms with Gasteiger partial charge in [-0.1, -0.05) is 35.3 Å². The van der Waals surface area contributed by atoms with Crippen LogP contribution in [0.4, 0.5) is 0 Å². The quantitative estimate of drug-likeness (QED) is 0.675. The Morgan fingerprint density at radius 3 is 2.55 bits per heavy atom. The Hall–Kier alpha value is -2.31. The molecule has 6 nitrogen and oxygen atoms in total. The molecule has 3 rings (SSSR count). The number of halogens is 2. The van der Waals surface area contributed by atoms with Gasteiger partial charge in [0, 0.05) is 42.7 Å². The minimum atomic E-state index is -0.264. The van der Waals surface area contributed by atoms with Gasteiger partial charge in [0.15, 0.2) is 0 Å². The van der Waals surface area contributed by atoms with Gasteiger partial charge in [-0.25, -0.2) is 4.68 Å². The standard InChI is InChI=1S/C21H24Cl2N4O2/c1-15-18(21(23)27(25-15)14-16-4-6-17(22)7-5-16)8-9-19(28)24-11-10-20(29)26-12-2-3-13-26/h4-9H,2-3,10-14H2,1H3,(H,24,28)/b9-8+. The van der Waals surface area contributed by atoms with Crippen LogP contribution in [-0.4, -0.2) is 46.1 Å². The SMILES string of the molecule is Cc1nn(Cc2ccc(Cl)cc2)c(Cl)c1/C=C/C(=O)NCCC(=O)N1CCCC1. The van der Waals surface area contributed by atoms with E-state index in [2.05, 4.69) is 10.4 Å². The third kappa shape index (κ3) is 5.84. The summed E-state index contributed by atoms with van der Waals surface area (Å²) in [6.07, 6.45) is 5.52. The Morgan fingerprint density at radius 1 is 1.17 bits per heavy atom. The van der Waals surface area contributed by atoms with E-state index in [-0.39, 0.29) is 11.8 Å². The first-order valence-corrected chi connectivity index (χ1v) is 10.4. The molecule has 154 valence electrons. The van der Waals surface area contributed by atoms with Crippen molar-refractivity contribution in [1.29, 1.82) is 0 Å². The lowest BCUT2D eigenvalue weighted by molar-refractivity contribution is -0.130. The number of nitrogens with one attached hydrogen (secondary N) is 1. The van der Waals surface area contributed by atoms with Gasteiger partial charge in [-0.2, -0.15) is 5.10 Å². The first-order chi connectivity index (χ1) is 13.9. The van der Waals surface area contributed by atoms with Gasteiger partial charge in [0.05, 0.1) is 12.2 Å². The Kier molecular flexibility index (Phi) is 7.34. The average molecular weight is 435 g/mol. The van der Waals surface area contributed by atoms with Crippen LogP contribution in [0.1, 0.15) is 36.1 Å². The summed E-state index contributed by atoms with van der Waals surface area (Å²) in [7, 11) is 0. The Labute approximate surface area is 180 Å². The van der Waals surface area contributed by atoms with Crippen molar-refractivity contribution in [3.63, 3.8) is 0 Å². The monoisotopic (exact) mass is 434 g/mol. The average Bonchev–Trinajstić information content (AvgIpc) is 3.31. The van der Waals surface area contributed by atoms with Crippen molar-refractivity contribution < 1.29 is 9.59 Å². The molecular weight excluding hydrogens is 411 g/mol. The first kappa shape index (κ1) is 21.4. The van der Waals surface area contributed by atoms with Crippen molar-refractivity contribution in [2.75, 3.05) is 19.6 Å². The summed E-state index contributed by atoms with van der Waals surface area (Å²) in [4.78, 5) is 25.9. The third-order valence-electron chi connectivity index (χ3n) is 4.85. The zero-order chi connectivity index (χ0) is 20.8. The van der Waals surface area contributed by atoms with Gasteiger partial charge < -0.3 is 10.2 Å². The first-order valence-electron chi connectivity index (χ1n) is 9.65. The van der Waals surface area contributed by atoms with Crippen molar-refractivity contribution in [3.05, 3.63) is 57.3 Å². The van der Waals surface area contributed by atoms with Crippen LogP contribution in [0.15, 0.2) is 30.3 Å². The van der Waals surface area contributed by atoms with E-state index in [1.165, 1.54) is 6.08 Å². The Bertz CT molecular complexity index is 900. The van der Waals surface area contributed by atoms with E-state index in [4.69, 9.17) is 23.2 Å². The zero-order valence-corrected chi connectivity index (χ0v) is 17.8. The molecule has 29 heavy (non-hydrogen) atoms. The summed E-state index contributed by atoms with van der Waals surface area (Å²) in [6, 6.07) is 7.48. The summed E-state index contributed by atoms with van der Waals surface area (Å²) < 4.78 is 1.69. The molecule has 1 aromatic carbocycles. The van der Waals surface area contributed by atoms with E-state index in [9.17, 15) is 9.59 Å². The molecule has 0 atom stereocenters. The number of hydrogen-bond donors (Lipinski definition) is 1.